The summed E-state index contributed by atoms with van der Waals surface area (Å²) < 4.78 is 44.2. The van der Waals surface area contributed by atoms with E-state index in [0.29, 0.717) is 28.3 Å². The first-order valence-electron chi connectivity index (χ1n) is 12.2. The van der Waals surface area contributed by atoms with Gasteiger partial charge in [0.2, 0.25) is 5.95 Å². The number of nitrogens with zero attached hydrogens (tertiary/aromatic N) is 6. The molecular weight excluding hydrogens is 517 g/mol. The molecule has 1 N–H and O–H groups in total. The average molecular weight is 546 g/mol. The van der Waals surface area contributed by atoms with Crippen LogP contribution in [0.2, 0.25) is 0 Å². The lowest BCUT2D eigenvalue weighted by molar-refractivity contribution is 0.402. The molecule has 0 radical (unpaired) electrons. The first-order valence-corrected chi connectivity index (χ1v) is 13.6. The van der Waals surface area contributed by atoms with Gasteiger partial charge < -0.3 is 9.80 Å². The number of pyridine rings is 1. The normalized spacial score (nSPS) is 11.7. The lowest BCUT2D eigenvalue weighted by atomic mass is 10.1. The van der Waals surface area contributed by atoms with Crippen molar-refractivity contribution in [2.45, 2.75) is 11.4 Å². The van der Waals surface area contributed by atoms with Crippen LogP contribution >= 0.6 is 0 Å². The number of nitrogens with one attached hydrogen (secondary N) is 1. The highest BCUT2D eigenvalue weighted by molar-refractivity contribution is 7.92. The van der Waals surface area contributed by atoms with Crippen LogP contribution in [0.4, 0.5) is 16.0 Å². The molecule has 0 bridgehead atoms. The summed E-state index contributed by atoms with van der Waals surface area (Å²) in [7, 11) is 3.81. The Labute approximate surface area is 226 Å². The second kappa shape index (κ2) is 10.4. The van der Waals surface area contributed by atoms with Crippen LogP contribution in [0.1, 0.15) is 5.56 Å². The second-order valence-corrected chi connectivity index (χ2v) is 11.3. The Hall–Kier alpha value is -4.35. The lowest BCUT2D eigenvalue weighted by Crippen LogP contribution is -2.16. The fraction of sp³-hybridized carbons (Fsp3) is 0.179. The van der Waals surface area contributed by atoms with E-state index < -0.39 is 10.0 Å². The average Bonchev–Trinajstić information content (AvgIpc) is 3.27. The van der Waals surface area contributed by atoms with E-state index in [-0.39, 0.29) is 16.7 Å². The predicted octanol–water partition coefficient (Wildman–Crippen LogP) is 4.53. The fourth-order valence-corrected chi connectivity index (χ4v) is 5.20. The zero-order valence-electron chi connectivity index (χ0n) is 22.0. The number of anilines is 2. The number of hydrogen-bond donors (Lipinski definition) is 1. The Bertz CT molecular complexity index is 1730. The Kier molecular flexibility index (Phi) is 7.02. The first-order chi connectivity index (χ1) is 18.6. The molecule has 0 aliphatic carbocycles. The van der Waals surface area contributed by atoms with Gasteiger partial charge in [-0.2, -0.15) is 0 Å². The van der Waals surface area contributed by atoms with Crippen LogP contribution in [-0.2, 0) is 16.6 Å². The van der Waals surface area contributed by atoms with E-state index in [0.717, 1.165) is 17.8 Å². The Morgan fingerprint density at radius 1 is 0.923 bits per heavy atom. The van der Waals surface area contributed by atoms with Gasteiger partial charge in [0.15, 0.2) is 0 Å². The second-order valence-electron chi connectivity index (χ2n) is 9.58. The van der Waals surface area contributed by atoms with Crippen LogP contribution in [0, 0.1) is 5.82 Å². The molecule has 0 aliphatic heterocycles. The van der Waals surface area contributed by atoms with Gasteiger partial charge in [-0.15, -0.1) is 0 Å². The molecule has 9 nitrogen and oxygen atoms in total. The van der Waals surface area contributed by atoms with E-state index in [1.807, 2.05) is 55.8 Å². The molecule has 0 saturated heterocycles. The Morgan fingerprint density at radius 2 is 1.64 bits per heavy atom. The van der Waals surface area contributed by atoms with Gasteiger partial charge in [-0.3, -0.25) is 4.40 Å². The summed E-state index contributed by atoms with van der Waals surface area (Å²) in [6.45, 7) is 0.736. The minimum atomic E-state index is -3.93. The third-order valence-electron chi connectivity index (χ3n) is 6.09. The molecule has 200 valence electrons. The van der Waals surface area contributed by atoms with Crippen LogP contribution in [0.5, 0.6) is 0 Å². The molecule has 0 fully saturated rings. The van der Waals surface area contributed by atoms with Crippen LogP contribution in [0.25, 0.3) is 28.3 Å². The summed E-state index contributed by atoms with van der Waals surface area (Å²) in [6, 6.07) is 18.2. The molecule has 5 aromatic rings. The van der Waals surface area contributed by atoms with Crippen molar-refractivity contribution in [3.63, 3.8) is 0 Å². The van der Waals surface area contributed by atoms with E-state index >= 15 is 0 Å². The van der Waals surface area contributed by atoms with E-state index in [9.17, 15) is 12.8 Å². The van der Waals surface area contributed by atoms with Crippen molar-refractivity contribution < 1.29 is 12.8 Å². The number of rotatable bonds is 8. The topological polar surface area (TPSA) is 95.7 Å². The van der Waals surface area contributed by atoms with E-state index in [1.54, 1.807) is 30.3 Å². The number of hydrogen-bond acceptors (Lipinski definition) is 7. The van der Waals surface area contributed by atoms with Gasteiger partial charge in [-0.05, 0) is 86.4 Å². The Morgan fingerprint density at radius 3 is 2.31 bits per heavy atom. The maximum absolute atomic E-state index is 13.7. The lowest BCUT2D eigenvalue weighted by Gasteiger charge is -2.13. The minimum absolute atomic E-state index is 0.0755. The summed E-state index contributed by atoms with van der Waals surface area (Å²) in [5, 5.41) is 0. The van der Waals surface area contributed by atoms with Crippen molar-refractivity contribution in [2.75, 3.05) is 37.8 Å². The monoisotopic (exact) mass is 545 g/mol. The SMILES string of the molecule is CN(C)Cc1ccn2c(-c3ccnc(NS(=O)(=O)c4ccc(N(C)C)cc4)n3)c(-c3ccc(F)cc3)nc2c1. The zero-order valence-corrected chi connectivity index (χ0v) is 22.8. The number of imidazole rings is 1. The fourth-order valence-electron chi connectivity index (χ4n) is 4.25. The highest BCUT2D eigenvalue weighted by Crippen LogP contribution is 2.33. The van der Waals surface area contributed by atoms with Crippen molar-refractivity contribution in [1.82, 2.24) is 24.3 Å². The molecule has 2 aromatic carbocycles. The zero-order chi connectivity index (χ0) is 27.7. The minimum Gasteiger partial charge on any atom is -0.378 e. The maximum Gasteiger partial charge on any atom is 0.264 e. The molecule has 0 atom stereocenters. The quantitative estimate of drug-likeness (QED) is 0.306. The first kappa shape index (κ1) is 26.3. The van der Waals surface area contributed by atoms with Gasteiger partial charge in [0.1, 0.15) is 11.5 Å². The molecule has 0 unspecified atom stereocenters. The van der Waals surface area contributed by atoms with Crippen LogP contribution in [0.15, 0.2) is 84.0 Å². The largest absolute Gasteiger partial charge is 0.378 e. The van der Waals surface area contributed by atoms with Gasteiger partial charge in [-0.25, -0.2) is 32.5 Å². The molecule has 0 amide bonds. The van der Waals surface area contributed by atoms with E-state index in [1.165, 1.54) is 30.5 Å². The highest BCUT2D eigenvalue weighted by atomic mass is 32.2. The van der Waals surface area contributed by atoms with Gasteiger partial charge >= 0.3 is 0 Å². The van der Waals surface area contributed by atoms with Gasteiger partial charge in [-0.1, -0.05) is 0 Å². The summed E-state index contributed by atoms with van der Waals surface area (Å²) in [5.74, 6) is -0.428. The smallest absolute Gasteiger partial charge is 0.264 e. The maximum atomic E-state index is 13.7. The van der Waals surface area contributed by atoms with Crippen molar-refractivity contribution in [2.24, 2.45) is 0 Å². The predicted molar refractivity (Wildman–Crippen MR) is 151 cm³/mol. The molecule has 5 rings (SSSR count). The van der Waals surface area contributed by atoms with Gasteiger partial charge in [0.25, 0.3) is 10.0 Å². The third kappa shape index (κ3) is 5.59. The van der Waals surface area contributed by atoms with Crippen LogP contribution in [0.3, 0.4) is 0 Å². The number of benzene rings is 2. The number of fused-ring (bicyclic) bond motifs is 1. The third-order valence-corrected chi connectivity index (χ3v) is 7.44. The van der Waals surface area contributed by atoms with Crippen LogP contribution < -0.4 is 9.62 Å². The summed E-state index contributed by atoms with van der Waals surface area (Å²) in [5.41, 5.74) is 5.01. The Balaban J connectivity index is 1.57. The van der Waals surface area contributed by atoms with Crippen molar-refractivity contribution >= 4 is 27.3 Å². The van der Waals surface area contributed by atoms with Gasteiger partial charge in [0, 0.05) is 44.3 Å². The molecule has 3 aromatic heterocycles. The van der Waals surface area contributed by atoms with E-state index in [2.05, 4.69) is 19.6 Å². The molecular formula is C28H28FN7O2S. The number of aromatic nitrogens is 4. The van der Waals surface area contributed by atoms with Gasteiger partial charge in [0.05, 0.1) is 22.0 Å². The summed E-state index contributed by atoms with van der Waals surface area (Å²) in [4.78, 5) is 17.6. The molecule has 0 saturated carbocycles. The van der Waals surface area contributed by atoms with Crippen molar-refractivity contribution in [3.05, 3.63) is 90.5 Å². The molecule has 0 spiro atoms. The number of sulfonamides is 1. The molecule has 3 heterocycles. The molecule has 11 heteroatoms. The summed E-state index contributed by atoms with van der Waals surface area (Å²) in [6.07, 6.45) is 3.39. The van der Waals surface area contributed by atoms with Crippen LogP contribution in [-0.4, -0.2) is 60.9 Å². The number of halogens is 1. The van der Waals surface area contributed by atoms with Crippen molar-refractivity contribution in [3.8, 4) is 22.6 Å². The van der Waals surface area contributed by atoms with Crippen molar-refractivity contribution in [1.29, 1.82) is 0 Å². The summed E-state index contributed by atoms with van der Waals surface area (Å²) >= 11 is 0. The van der Waals surface area contributed by atoms with E-state index in [4.69, 9.17) is 4.98 Å². The highest BCUT2D eigenvalue weighted by Gasteiger charge is 2.20. The molecule has 0 aliphatic rings. The standard InChI is InChI=1S/C28H28FN7O2S/c1-34(2)18-19-14-16-36-25(17-19)32-26(20-5-7-21(29)8-6-20)27(36)24-13-15-30-28(31-24)33-39(37,38)23-11-9-22(10-12-23)35(3)4/h5-17H,18H2,1-4H3,(H,30,31,33). The molecule has 39 heavy (non-hydrogen) atoms.